The number of likely N-dealkylation sites (N-methyl/N-ethyl adjacent to an activating group) is 1. The van der Waals surface area contributed by atoms with Gasteiger partial charge in [0.2, 0.25) is 0 Å². The molecule has 0 aromatic carbocycles. The smallest absolute Gasteiger partial charge is 0.264 e. The number of carbonyl (C=O) groups excluding carboxylic acids is 1. The quantitative estimate of drug-likeness (QED) is 0.746. The highest BCUT2D eigenvalue weighted by Gasteiger charge is 2.33. The first-order chi connectivity index (χ1) is 7.50. The number of hydrogen-bond donors (Lipinski definition) is 0. The number of piperazine rings is 1. The van der Waals surface area contributed by atoms with Gasteiger partial charge in [0, 0.05) is 25.2 Å². The summed E-state index contributed by atoms with van der Waals surface area (Å²) in [6.45, 7) is 6.95. The molecule has 2 rings (SSSR count). The van der Waals surface area contributed by atoms with Crippen LogP contribution in [-0.2, 0) is 0 Å². The molecule has 2 heterocycles. The number of rotatable bonds is 1. The SMILES string of the molecule is CN1CCN(C(=O)c2cccs2)CC1(C)C. The molecule has 1 saturated heterocycles. The summed E-state index contributed by atoms with van der Waals surface area (Å²) >= 11 is 1.52. The van der Waals surface area contributed by atoms with Gasteiger partial charge in [-0.05, 0) is 32.3 Å². The highest BCUT2D eigenvalue weighted by Crippen LogP contribution is 2.21. The molecule has 0 saturated carbocycles. The van der Waals surface area contributed by atoms with Crippen molar-refractivity contribution in [3.8, 4) is 0 Å². The first kappa shape index (κ1) is 11.6. The fourth-order valence-electron chi connectivity index (χ4n) is 1.97. The van der Waals surface area contributed by atoms with Crippen LogP contribution < -0.4 is 0 Å². The monoisotopic (exact) mass is 238 g/mol. The predicted molar refractivity (Wildman–Crippen MR) is 66.9 cm³/mol. The molecule has 0 radical (unpaired) electrons. The van der Waals surface area contributed by atoms with Crippen molar-refractivity contribution in [3.05, 3.63) is 22.4 Å². The Morgan fingerprint density at radius 3 is 2.75 bits per heavy atom. The Morgan fingerprint density at radius 2 is 2.19 bits per heavy atom. The first-order valence-corrected chi connectivity index (χ1v) is 6.43. The van der Waals surface area contributed by atoms with Crippen LogP contribution in [0.3, 0.4) is 0 Å². The summed E-state index contributed by atoms with van der Waals surface area (Å²) in [4.78, 5) is 17.3. The Hall–Kier alpha value is -0.870. The Morgan fingerprint density at radius 1 is 1.44 bits per heavy atom. The van der Waals surface area contributed by atoms with Gasteiger partial charge in [-0.3, -0.25) is 9.69 Å². The fraction of sp³-hybridized carbons (Fsp3) is 0.583. The third-order valence-electron chi connectivity index (χ3n) is 3.34. The largest absolute Gasteiger partial charge is 0.335 e. The van der Waals surface area contributed by atoms with Gasteiger partial charge in [0.25, 0.3) is 5.91 Å². The van der Waals surface area contributed by atoms with Crippen LogP contribution in [0.2, 0.25) is 0 Å². The number of nitrogens with zero attached hydrogens (tertiary/aromatic N) is 2. The van der Waals surface area contributed by atoms with Gasteiger partial charge in [-0.25, -0.2) is 0 Å². The second-order valence-corrected chi connectivity index (χ2v) is 5.89. The summed E-state index contributed by atoms with van der Waals surface area (Å²) in [5.41, 5.74) is 0.0746. The summed E-state index contributed by atoms with van der Waals surface area (Å²) in [6.07, 6.45) is 0. The van der Waals surface area contributed by atoms with Gasteiger partial charge in [0.05, 0.1) is 4.88 Å². The summed E-state index contributed by atoms with van der Waals surface area (Å²) in [5, 5.41) is 1.95. The Balaban J connectivity index is 2.10. The van der Waals surface area contributed by atoms with Crippen molar-refractivity contribution in [3.63, 3.8) is 0 Å². The van der Waals surface area contributed by atoms with E-state index in [1.165, 1.54) is 11.3 Å². The normalized spacial score (nSPS) is 21.1. The van der Waals surface area contributed by atoms with Gasteiger partial charge < -0.3 is 4.90 Å². The van der Waals surface area contributed by atoms with Gasteiger partial charge in [-0.15, -0.1) is 11.3 Å². The number of thiophene rings is 1. The van der Waals surface area contributed by atoms with Crippen molar-refractivity contribution in [1.82, 2.24) is 9.80 Å². The zero-order valence-corrected chi connectivity index (χ0v) is 10.9. The minimum Gasteiger partial charge on any atom is -0.335 e. The number of amides is 1. The van der Waals surface area contributed by atoms with E-state index < -0.39 is 0 Å². The molecule has 3 nitrogen and oxygen atoms in total. The van der Waals surface area contributed by atoms with Crippen molar-refractivity contribution < 1.29 is 4.79 Å². The lowest BCUT2D eigenvalue weighted by atomic mass is 9.99. The lowest BCUT2D eigenvalue weighted by Gasteiger charge is -2.45. The zero-order chi connectivity index (χ0) is 11.8. The highest BCUT2D eigenvalue weighted by molar-refractivity contribution is 7.12. The minimum absolute atomic E-state index is 0.0746. The van der Waals surface area contributed by atoms with Gasteiger partial charge in [-0.1, -0.05) is 6.07 Å². The van der Waals surface area contributed by atoms with E-state index in [0.29, 0.717) is 0 Å². The summed E-state index contributed by atoms with van der Waals surface area (Å²) in [5.74, 6) is 0.177. The molecule has 1 aromatic heterocycles. The van der Waals surface area contributed by atoms with E-state index in [1.807, 2.05) is 22.4 Å². The molecule has 1 fully saturated rings. The number of hydrogen-bond acceptors (Lipinski definition) is 3. The van der Waals surface area contributed by atoms with E-state index in [0.717, 1.165) is 24.5 Å². The van der Waals surface area contributed by atoms with Crippen molar-refractivity contribution in [1.29, 1.82) is 0 Å². The molecule has 0 aliphatic carbocycles. The van der Waals surface area contributed by atoms with Gasteiger partial charge in [-0.2, -0.15) is 0 Å². The maximum Gasteiger partial charge on any atom is 0.264 e. The highest BCUT2D eigenvalue weighted by atomic mass is 32.1. The molecule has 1 aliphatic heterocycles. The van der Waals surface area contributed by atoms with Crippen molar-refractivity contribution in [2.75, 3.05) is 26.7 Å². The second kappa shape index (κ2) is 4.18. The van der Waals surface area contributed by atoms with Crippen LogP contribution in [0.4, 0.5) is 0 Å². The zero-order valence-electron chi connectivity index (χ0n) is 10.1. The fourth-order valence-corrected chi connectivity index (χ4v) is 2.66. The van der Waals surface area contributed by atoms with E-state index in [2.05, 4.69) is 25.8 Å². The van der Waals surface area contributed by atoms with E-state index in [-0.39, 0.29) is 11.4 Å². The van der Waals surface area contributed by atoms with Crippen molar-refractivity contribution in [2.24, 2.45) is 0 Å². The molecule has 1 aliphatic rings. The molecule has 4 heteroatoms. The molecule has 0 N–H and O–H groups in total. The molecule has 1 amide bonds. The van der Waals surface area contributed by atoms with Crippen LogP contribution in [0.25, 0.3) is 0 Å². The average molecular weight is 238 g/mol. The maximum absolute atomic E-state index is 12.2. The third kappa shape index (κ3) is 2.13. The number of carbonyl (C=O) groups is 1. The van der Waals surface area contributed by atoms with Crippen LogP contribution in [0.1, 0.15) is 23.5 Å². The molecule has 0 unspecified atom stereocenters. The van der Waals surface area contributed by atoms with Crippen LogP contribution in [0, 0.1) is 0 Å². The second-order valence-electron chi connectivity index (χ2n) is 4.94. The van der Waals surface area contributed by atoms with E-state index in [1.54, 1.807) is 0 Å². The molecule has 88 valence electrons. The average Bonchev–Trinajstić information content (AvgIpc) is 2.74. The van der Waals surface area contributed by atoms with Crippen LogP contribution in [-0.4, -0.2) is 47.9 Å². The summed E-state index contributed by atoms with van der Waals surface area (Å²) < 4.78 is 0. The molecular weight excluding hydrogens is 220 g/mol. The standard InChI is InChI=1S/C12H18N2OS/c1-12(2)9-14(7-6-13(12)3)11(15)10-5-4-8-16-10/h4-5,8H,6-7,9H2,1-3H3. The van der Waals surface area contributed by atoms with Crippen molar-refractivity contribution >= 4 is 17.2 Å². The van der Waals surface area contributed by atoms with E-state index in [9.17, 15) is 4.79 Å². The minimum atomic E-state index is 0.0746. The Bertz CT molecular complexity index is 372. The molecule has 0 atom stereocenters. The molecule has 0 bridgehead atoms. The van der Waals surface area contributed by atoms with E-state index in [4.69, 9.17) is 0 Å². The Kier molecular flexibility index (Phi) is 3.04. The van der Waals surface area contributed by atoms with Crippen LogP contribution in [0.15, 0.2) is 17.5 Å². The van der Waals surface area contributed by atoms with Gasteiger partial charge >= 0.3 is 0 Å². The van der Waals surface area contributed by atoms with Crippen molar-refractivity contribution in [2.45, 2.75) is 19.4 Å². The third-order valence-corrected chi connectivity index (χ3v) is 4.19. The molecule has 0 spiro atoms. The first-order valence-electron chi connectivity index (χ1n) is 5.55. The van der Waals surface area contributed by atoms with Gasteiger partial charge in [0.15, 0.2) is 0 Å². The molecule has 16 heavy (non-hydrogen) atoms. The van der Waals surface area contributed by atoms with Crippen LogP contribution in [0.5, 0.6) is 0 Å². The summed E-state index contributed by atoms with van der Waals surface area (Å²) in [7, 11) is 2.12. The van der Waals surface area contributed by atoms with Crippen LogP contribution >= 0.6 is 11.3 Å². The Labute approximate surface area is 101 Å². The summed E-state index contributed by atoms with van der Waals surface area (Å²) in [6, 6.07) is 3.83. The van der Waals surface area contributed by atoms with Gasteiger partial charge in [0.1, 0.15) is 0 Å². The maximum atomic E-state index is 12.2. The van der Waals surface area contributed by atoms with E-state index >= 15 is 0 Å². The lowest BCUT2D eigenvalue weighted by Crippen LogP contribution is -2.58. The lowest BCUT2D eigenvalue weighted by molar-refractivity contribution is 0.0315. The molecule has 1 aromatic rings. The molecular formula is C12H18N2OS. The topological polar surface area (TPSA) is 23.6 Å². The predicted octanol–water partition coefficient (Wildman–Crippen LogP) is 1.91.